The third kappa shape index (κ3) is 2.26. The number of benzene rings is 1. The number of carbonyl (C=O) groups excluding carboxylic acids is 1. The van der Waals surface area contributed by atoms with Crippen molar-refractivity contribution in [2.75, 3.05) is 10.6 Å². The maximum Gasteiger partial charge on any atom is 0.324 e. The molecule has 0 aliphatic carbocycles. The molecule has 1 aromatic carbocycles. The normalized spacial score (nSPS) is 10.4. The Morgan fingerprint density at radius 1 is 1.20 bits per heavy atom. The van der Waals surface area contributed by atoms with Crippen LogP contribution >= 0.6 is 0 Å². The number of aromatic amines is 1. The molecule has 2 aromatic heterocycles. The number of fused-ring (bicyclic) bond motifs is 1. The Labute approximate surface area is 112 Å². The summed E-state index contributed by atoms with van der Waals surface area (Å²) in [6.45, 7) is 0. The quantitative estimate of drug-likeness (QED) is 0.666. The molecule has 0 saturated heterocycles. The molecule has 0 fully saturated rings. The Hall–Kier alpha value is -3.03. The average Bonchev–Trinajstić information content (AvgIpc) is 2.91. The van der Waals surface area contributed by atoms with E-state index in [9.17, 15) is 9.18 Å². The van der Waals surface area contributed by atoms with Crippen LogP contribution in [-0.2, 0) is 0 Å². The molecule has 0 saturated carbocycles. The molecule has 100 valence electrons. The van der Waals surface area contributed by atoms with Gasteiger partial charge in [0.15, 0.2) is 5.65 Å². The van der Waals surface area contributed by atoms with Crippen molar-refractivity contribution in [2.24, 2.45) is 0 Å². The highest BCUT2D eigenvalue weighted by molar-refractivity contribution is 6.03. The van der Waals surface area contributed by atoms with Gasteiger partial charge in [-0.05, 0) is 12.1 Å². The maximum absolute atomic E-state index is 13.4. The Bertz CT molecular complexity index is 771. The lowest BCUT2D eigenvalue weighted by Gasteiger charge is -2.07. The predicted octanol–water partition coefficient (Wildman–Crippen LogP) is 2.14. The van der Waals surface area contributed by atoms with Crippen LogP contribution in [0, 0.1) is 5.82 Å². The van der Waals surface area contributed by atoms with Crippen molar-refractivity contribution < 1.29 is 9.18 Å². The highest BCUT2D eigenvalue weighted by Crippen LogP contribution is 2.17. The Morgan fingerprint density at radius 3 is 2.90 bits per heavy atom. The third-order valence-corrected chi connectivity index (χ3v) is 2.60. The number of carbonyl (C=O) groups is 1. The summed E-state index contributed by atoms with van der Waals surface area (Å²) in [7, 11) is 0. The first kappa shape index (κ1) is 12.0. The molecule has 3 aromatic rings. The monoisotopic (exact) mass is 272 g/mol. The largest absolute Gasteiger partial charge is 0.324 e. The number of rotatable bonds is 2. The summed E-state index contributed by atoms with van der Waals surface area (Å²) >= 11 is 0. The summed E-state index contributed by atoms with van der Waals surface area (Å²) < 4.78 is 13.4. The van der Waals surface area contributed by atoms with E-state index in [4.69, 9.17) is 0 Å². The van der Waals surface area contributed by atoms with E-state index in [-0.39, 0.29) is 11.5 Å². The third-order valence-electron chi connectivity index (χ3n) is 2.60. The molecule has 0 aliphatic heterocycles. The van der Waals surface area contributed by atoms with Gasteiger partial charge in [0.1, 0.15) is 18.0 Å². The summed E-state index contributed by atoms with van der Waals surface area (Å²) in [6.07, 6.45) is 2.78. The van der Waals surface area contributed by atoms with Crippen LogP contribution in [0.15, 0.2) is 36.8 Å². The van der Waals surface area contributed by atoms with Gasteiger partial charge in [-0.3, -0.25) is 10.4 Å². The SMILES string of the molecule is O=C(Nc1ccccc1F)Nc1ncnc2[nH]ncc12. The van der Waals surface area contributed by atoms with Gasteiger partial charge in [-0.25, -0.2) is 19.2 Å². The fourth-order valence-electron chi connectivity index (χ4n) is 1.69. The lowest BCUT2D eigenvalue weighted by atomic mass is 10.3. The van der Waals surface area contributed by atoms with Crippen LogP contribution in [0.25, 0.3) is 11.0 Å². The number of aromatic nitrogens is 4. The van der Waals surface area contributed by atoms with Crippen LogP contribution in [0.4, 0.5) is 20.7 Å². The van der Waals surface area contributed by atoms with E-state index in [1.807, 2.05) is 0 Å². The number of nitrogens with one attached hydrogen (secondary N) is 3. The highest BCUT2D eigenvalue weighted by atomic mass is 19.1. The number of nitrogens with zero attached hydrogens (tertiary/aromatic N) is 3. The minimum atomic E-state index is -0.601. The van der Waals surface area contributed by atoms with Crippen LogP contribution in [0.1, 0.15) is 0 Å². The first-order valence-electron chi connectivity index (χ1n) is 5.70. The van der Waals surface area contributed by atoms with E-state index in [0.29, 0.717) is 11.0 Å². The molecule has 7 nitrogen and oxygen atoms in total. The Kier molecular flexibility index (Phi) is 2.96. The molecule has 0 spiro atoms. The van der Waals surface area contributed by atoms with Crippen molar-refractivity contribution >= 4 is 28.6 Å². The number of para-hydroxylation sites is 1. The molecule has 20 heavy (non-hydrogen) atoms. The zero-order valence-electron chi connectivity index (χ0n) is 10.1. The molecule has 2 amide bonds. The van der Waals surface area contributed by atoms with Gasteiger partial charge < -0.3 is 5.32 Å². The zero-order valence-corrected chi connectivity index (χ0v) is 10.1. The van der Waals surface area contributed by atoms with E-state index >= 15 is 0 Å². The van der Waals surface area contributed by atoms with Gasteiger partial charge in [0.05, 0.1) is 17.3 Å². The maximum atomic E-state index is 13.4. The molecular weight excluding hydrogens is 263 g/mol. The van der Waals surface area contributed by atoms with Gasteiger partial charge >= 0.3 is 6.03 Å². The summed E-state index contributed by atoms with van der Waals surface area (Å²) in [4.78, 5) is 19.7. The number of hydrogen-bond donors (Lipinski definition) is 3. The highest BCUT2D eigenvalue weighted by Gasteiger charge is 2.10. The van der Waals surface area contributed by atoms with E-state index in [1.165, 1.54) is 30.7 Å². The minimum Gasteiger partial charge on any atom is -0.305 e. The lowest BCUT2D eigenvalue weighted by molar-refractivity contribution is 0.262. The minimum absolute atomic E-state index is 0.0856. The summed E-state index contributed by atoms with van der Waals surface area (Å²) in [5.41, 5.74) is 0.587. The first-order chi connectivity index (χ1) is 9.74. The smallest absolute Gasteiger partial charge is 0.305 e. The topological polar surface area (TPSA) is 95.6 Å². The van der Waals surface area contributed by atoms with Gasteiger partial charge in [-0.1, -0.05) is 12.1 Å². The first-order valence-corrected chi connectivity index (χ1v) is 5.70. The molecule has 0 radical (unpaired) electrons. The second kappa shape index (κ2) is 4.92. The van der Waals surface area contributed by atoms with Crippen molar-refractivity contribution in [2.45, 2.75) is 0 Å². The van der Waals surface area contributed by atoms with Gasteiger partial charge in [-0.2, -0.15) is 5.10 Å². The molecule has 2 heterocycles. The van der Waals surface area contributed by atoms with E-state index in [0.717, 1.165) is 0 Å². The number of anilines is 2. The van der Waals surface area contributed by atoms with Crippen molar-refractivity contribution in [3.05, 3.63) is 42.6 Å². The Morgan fingerprint density at radius 2 is 2.05 bits per heavy atom. The number of halogens is 1. The summed E-state index contributed by atoms with van der Waals surface area (Å²) in [5.74, 6) is -0.226. The number of hydrogen-bond acceptors (Lipinski definition) is 4. The molecule has 8 heteroatoms. The van der Waals surface area contributed by atoms with Gasteiger partial charge in [0.25, 0.3) is 0 Å². The van der Waals surface area contributed by atoms with E-state index < -0.39 is 11.8 Å². The number of urea groups is 1. The van der Waals surface area contributed by atoms with Gasteiger partial charge in [-0.15, -0.1) is 0 Å². The van der Waals surface area contributed by atoms with Crippen molar-refractivity contribution in [3.63, 3.8) is 0 Å². The van der Waals surface area contributed by atoms with Crippen molar-refractivity contribution in [1.82, 2.24) is 20.2 Å². The lowest BCUT2D eigenvalue weighted by Crippen LogP contribution is -2.20. The summed E-state index contributed by atoms with van der Waals surface area (Å²) in [6, 6.07) is 5.28. The Balaban J connectivity index is 1.80. The fraction of sp³-hybridized carbons (Fsp3) is 0. The van der Waals surface area contributed by atoms with Crippen LogP contribution < -0.4 is 10.6 Å². The molecule has 0 unspecified atom stereocenters. The van der Waals surface area contributed by atoms with Crippen LogP contribution in [-0.4, -0.2) is 26.2 Å². The average molecular weight is 272 g/mol. The second-order valence-corrected chi connectivity index (χ2v) is 3.91. The molecule has 3 rings (SSSR count). The van der Waals surface area contributed by atoms with Crippen molar-refractivity contribution in [1.29, 1.82) is 0 Å². The summed E-state index contributed by atoms with van der Waals surface area (Å²) in [5, 5.41) is 12.0. The van der Waals surface area contributed by atoms with Gasteiger partial charge in [0.2, 0.25) is 0 Å². The van der Waals surface area contributed by atoms with Crippen molar-refractivity contribution in [3.8, 4) is 0 Å². The van der Waals surface area contributed by atoms with E-state index in [1.54, 1.807) is 6.07 Å². The number of amides is 2. The van der Waals surface area contributed by atoms with Crippen LogP contribution in [0.5, 0.6) is 0 Å². The fourth-order valence-corrected chi connectivity index (χ4v) is 1.69. The number of H-pyrrole nitrogens is 1. The molecule has 0 atom stereocenters. The van der Waals surface area contributed by atoms with Gasteiger partial charge in [0, 0.05) is 0 Å². The zero-order chi connectivity index (χ0) is 13.9. The predicted molar refractivity (Wildman–Crippen MR) is 70.7 cm³/mol. The molecule has 0 aliphatic rings. The van der Waals surface area contributed by atoms with E-state index in [2.05, 4.69) is 30.8 Å². The van der Waals surface area contributed by atoms with Crippen LogP contribution in [0.3, 0.4) is 0 Å². The standard InChI is InChI=1S/C12H9FN6O/c13-8-3-1-2-4-9(8)17-12(20)18-10-7-5-16-19-11(7)15-6-14-10/h1-6H,(H3,14,15,16,17,18,19,20). The van der Waals surface area contributed by atoms with Crippen LogP contribution in [0.2, 0.25) is 0 Å². The second-order valence-electron chi connectivity index (χ2n) is 3.91. The molecule has 0 bridgehead atoms. The molecular formula is C12H9FN6O. The molecule has 3 N–H and O–H groups in total.